The lowest BCUT2D eigenvalue weighted by Gasteiger charge is -2.19. The van der Waals surface area contributed by atoms with Crippen LogP contribution in [0.15, 0.2) is 66.7 Å². The third kappa shape index (κ3) is 7.86. The molecule has 0 radical (unpaired) electrons. The van der Waals surface area contributed by atoms with Crippen molar-refractivity contribution in [1.82, 2.24) is 0 Å². The van der Waals surface area contributed by atoms with Crippen molar-refractivity contribution in [2.24, 2.45) is 0 Å². The van der Waals surface area contributed by atoms with Crippen molar-refractivity contribution < 1.29 is 19.1 Å². The van der Waals surface area contributed by atoms with E-state index in [-0.39, 0.29) is 17.9 Å². The van der Waals surface area contributed by atoms with Crippen molar-refractivity contribution in [3.63, 3.8) is 0 Å². The third-order valence-electron chi connectivity index (χ3n) is 4.86. The largest absolute Gasteiger partial charge is 0.490 e. The van der Waals surface area contributed by atoms with Crippen molar-refractivity contribution in [1.29, 1.82) is 0 Å². The van der Waals surface area contributed by atoms with E-state index in [0.29, 0.717) is 35.5 Å². The third-order valence-corrected chi connectivity index (χ3v) is 4.86. The number of ketones is 1. The molecule has 0 bridgehead atoms. The Labute approximate surface area is 179 Å². The summed E-state index contributed by atoms with van der Waals surface area (Å²) in [6.45, 7) is 7.72. The molecule has 0 N–H and O–H groups in total. The van der Waals surface area contributed by atoms with Gasteiger partial charge in [-0.1, -0.05) is 63.1 Å². The van der Waals surface area contributed by atoms with Gasteiger partial charge in [-0.05, 0) is 44.0 Å². The van der Waals surface area contributed by atoms with Gasteiger partial charge in [0.1, 0.15) is 11.9 Å². The predicted octanol–water partition coefficient (Wildman–Crippen LogP) is 6.14. The second-order valence-corrected chi connectivity index (χ2v) is 7.51. The molecule has 4 heteroatoms. The Hall–Kier alpha value is -2.88. The second kappa shape index (κ2) is 12.6. The van der Waals surface area contributed by atoms with Gasteiger partial charge in [0, 0.05) is 23.1 Å². The topological polar surface area (TPSA) is 52.6 Å². The number of unbranched alkanes of at least 4 members (excludes halogenated alkanes) is 3. The normalized spacial score (nSPS) is 11.5. The highest BCUT2D eigenvalue weighted by atomic mass is 16.5. The SMILES string of the molecule is C=C(C)C(=O)OCCC(CCCCCC)Oc1ccc(C(=O)c2ccccc2)cc1. The van der Waals surface area contributed by atoms with Crippen LogP contribution in [0.1, 0.15) is 68.3 Å². The molecule has 160 valence electrons. The molecule has 2 aromatic carbocycles. The van der Waals surface area contributed by atoms with Crippen LogP contribution in [-0.2, 0) is 9.53 Å². The van der Waals surface area contributed by atoms with E-state index in [9.17, 15) is 9.59 Å². The number of hydrogen-bond donors (Lipinski definition) is 0. The van der Waals surface area contributed by atoms with Crippen LogP contribution in [0, 0.1) is 0 Å². The van der Waals surface area contributed by atoms with E-state index in [1.807, 2.05) is 42.5 Å². The van der Waals surface area contributed by atoms with Gasteiger partial charge in [-0.25, -0.2) is 4.79 Å². The number of carbonyl (C=O) groups is 2. The van der Waals surface area contributed by atoms with Crippen LogP contribution in [-0.4, -0.2) is 24.5 Å². The lowest BCUT2D eigenvalue weighted by atomic mass is 10.0. The Morgan fingerprint density at radius 3 is 2.20 bits per heavy atom. The van der Waals surface area contributed by atoms with Crippen LogP contribution >= 0.6 is 0 Å². The van der Waals surface area contributed by atoms with Crippen molar-refractivity contribution in [2.75, 3.05) is 6.61 Å². The molecule has 0 saturated carbocycles. The van der Waals surface area contributed by atoms with Crippen LogP contribution in [0.2, 0.25) is 0 Å². The molecular formula is C26H32O4. The van der Waals surface area contributed by atoms with E-state index in [1.165, 1.54) is 12.8 Å². The fraction of sp³-hybridized carbons (Fsp3) is 0.385. The summed E-state index contributed by atoms with van der Waals surface area (Å²) < 4.78 is 11.4. The average Bonchev–Trinajstić information content (AvgIpc) is 2.77. The summed E-state index contributed by atoms with van der Waals surface area (Å²) in [6, 6.07) is 16.5. The Kier molecular flexibility index (Phi) is 9.85. The molecule has 0 aliphatic heterocycles. The van der Waals surface area contributed by atoms with Gasteiger partial charge in [0.25, 0.3) is 0 Å². The van der Waals surface area contributed by atoms with Crippen molar-refractivity contribution >= 4 is 11.8 Å². The smallest absolute Gasteiger partial charge is 0.333 e. The summed E-state index contributed by atoms with van der Waals surface area (Å²) in [5.41, 5.74) is 1.69. The van der Waals surface area contributed by atoms with Crippen LogP contribution in [0.25, 0.3) is 0 Å². The van der Waals surface area contributed by atoms with Gasteiger partial charge in [0.15, 0.2) is 5.78 Å². The first kappa shape index (κ1) is 23.4. The Morgan fingerprint density at radius 1 is 0.900 bits per heavy atom. The number of carbonyl (C=O) groups excluding carboxylic acids is 2. The van der Waals surface area contributed by atoms with E-state index >= 15 is 0 Å². The number of esters is 1. The van der Waals surface area contributed by atoms with E-state index in [2.05, 4.69) is 13.5 Å². The average molecular weight is 409 g/mol. The zero-order chi connectivity index (χ0) is 21.8. The molecule has 0 fully saturated rings. The zero-order valence-electron chi connectivity index (χ0n) is 18.1. The monoisotopic (exact) mass is 408 g/mol. The molecule has 0 aliphatic rings. The highest BCUT2D eigenvalue weighted by Crippen LogP contribution is 2.20. The minimum atomic E-state index is -0.372. The Morgan fingerprint density at radius 2 is 1.57 bits per heavy atom. The first-order valence-electron chi connectivity index (χ1n) is 10.7. The molecule has 30 heavy (non-hydrogen) atoms. The highest BCUT2D eigenvalue weighted by molar-refractivity contribution is 6.08. The van der Waals surface area contributed by atoms with Crippen LogP contribution in [0.5, 0.6) is 5.75 Å². The maximum Gasteiger partial charge on any atom is 0.333 e. The van der Waals surface area contributed by atoms with Gasteiger partial charge in [-0.2, -0.15) is 0 Å². The fourth-order valence-electron chi connectivity index (χ4n) is 3.10. The molecule has 0 spiro atoms. The van der Waals surface area contributed by atoms with Crippen molar-refractivity contribution in [2.45, 2.75) is 58.5 Å². The van der Waals surface area contributed by atoms with E-state index < -0.39 is 0 Å². The predicted molar refractivity (Wildman–Crippen MR) is 120 cm³/mol. The lowest BCUT2D eigenvalue weighted by molar-refractivity contribution is -0.139. The molecule has 1 unspecified atom stereocenters. The van der Waals surface area contributed by atoms with Crippen LogP contribution in [0.4, 0.5) is 0 Å². The number of ether oxygens (including phenoxy) is 2. The second-order valence-electron chi connectivity index (χ2n) is 7.51. The van der Waals surface area contributed by atoms with E-state index in [1.54, 1.807) is 19.1 Å². The number of rotatable bonds is 13. The molecular weight excluding hydrogens is 376 g/mol. The molecule has 0 aromatic heterocycles. The van der Waals surface area contributed by atoms with Crippen LogP contribution < -0.4 is 4.74 Å². The first-order chi connectivity index (χ1) is 14.5. The lowest BCUT2D eigenvalue weighted by Crippen LogP contribution is -2.20. The summed E-state index contributed by atoms with van der Waals surface area (Å²) in [5.74, 6) is 0.333. The van der Waals surface area contributed by atoms with Gasteiger partial charge in [-0.3, -0.25) is 4.79 Å². The number of hydrogen-bond acceptors (Lipinski definition) is 4. The van der Waals surface area contributed by atoms with Crippen molar-refractivity contribution in [3.05, 3.63) is 77.9 Å². The summed E-state index contributed by atoms with van der Waals surface area (Å²) >= 11 is 0. The van der Waals surface area contributed by atoms with E-state index in [0.717, 1.165) is 19.3 Å². The maximum atomic E-state index is 12.5. The minimum absolute atomic E-state index is 0.00928. The molecule has 0 saturated heterocycles. The fourth-order valence-corrected chi connectivity index (χ4v) is 3.10. The summed E-state index contributed by atoms with van der Waals surface area (Å²) in [6.07, 6.45) is 6.08. The molecule has 0 aliphatic carbocycles. The maximum absolute atomic E-state index is 12.5. The van der Waals surface area contributed by atoms with Crippen molar-refractivity contribution in [3.8, 4) is 5.75 Å². The summed E-state index contributed by atoms with van der Waals surface area (Å²) in [7, 11) is 0. The van der Waals surface area contributed by atoms with Gasteiger partial charge in [0.05, 0.1) is 6.61 Å². The van der Waals surface area contributed by atoms with Gasteiger partial charge in [0.2, 0.25) is 0 Å². The standard InChI is InChI=1S/C26H32O4/c1-4-5-6-10-13-23(18-19-29-26(28)20(2)3)30-24-16-14-22(15-17-24)25(27)21-11-8-7-9-12-21/h7-9,11-12,14-17,23H,2,4-6,10,13,18-19H2,1,3H3. The van der Waals surface area contributed by atoms with Crippen LogP contribution in [0.3, 0.4) is 0 Å². The first-order valence-corrected chi connectivity index (χ1v) is 10.7. The molecule has 0 heterocycles. The Bertz CT molecular complexity index is 809. The molecule has 1 atom stereocenters. The van der Waals surface area contributed by atoms with E-state index in [4.69, 9.17) is 9.47 Å². The van der Waals surface area contributed by atoms with Gasteiger partial charge < -0.3 is 9.47 Å². The molecule has 2 aromatic rings. The zero-order valence-corrected chi connectivity index (χ0v) is 18.1. The Balaban J connectivity index is 1.96. The molecule has 4 nitrogen and oxygen atoms in total. The minimum Gasteiger partial charge on any atom is -0.490 e. The molecule has 0 amide bonds. The quantitative estimate of drug-likeness (QED) is 0.173. The van der Waals surface area contributed by atoms with Gasteiger partial charge in [-0.15, -0.1) is 0 Å². The highest BCUT2D eigenvalue weighted by Gasteiger charge is 2.14. The number of benzene rings is 2. The summed E-state index contributed by atoms with van der Waals surface area (Å²) in [5, 5.41) is 0. The van der Waals surface area contributed by atoms with Gasteiger partial charge >= 0.3 is 5.97 Å². The summed E-state index contributed by atoms with van der Waals surface area (Å²) in [4.78, 5) is 24.2. The molecule has 2 rings (SSSR count).